The summed E-state index contributed by atoms with van der Waals surface area (Å²) in [5.41, 5.74) is 7.88. The lowest BCUT2D eigenvalue weighted by molar-refractivity contribution is 0.125. The summed E-state index contributed by atoms with van der Waals surface area (Å²) in [6, 6.07) is 15.2. The highest BCUT2D eigenvalue weighted by molar-refractivity contribution is 6.40. The Balaban J connectivity index is 1.51. The van der Waals surface area contributed by atoms with Crippen LogP contribution in [0.5, 0.6) is 0 Å². The summed E-state index contributed by atoms with van der Waals surface area (Å²) in [6.45, 7) is 5.36. The van der Waals surface area contributed by atoms with Crippen LogP contribution in [0, 0.1) is 5.92 Å². The van der Waals surface area contributed by atoms with E-state index in [9.17, 15) is 0 Å². The van der Waals surface area contributed by atoms with Gasteiger partial charge in [0.25, 0.3) is 0 Å². The maximum Gasteiger partial charge on any atom is 0.451 e. The van der Waals surface area contributed by atoms with Crippen molar-refractivity contribution in [2.45, 2.75) is 57.4 Å². The molecule has 2 aromatic carbocycles. The summed E-state index contributed by atoms with van der Waals surface area (Å²) in [4.78, 5) is 2.55. The number of nitrogens with zero attached hydrogens (tertiary/aromatic N) is 1. The van der Waals surface area contributed by atoms with Crippen molar-refractivity contribution in [1.29, 1.82) is 0 Å². The average Bonchev–Trinajstić information content (AvgIpc) is 2.66. The third-order valence-electron chi connectivity index (χ3n) is 6.22. The quantitative estimate of drug-likeness (QED) is 0.493. The molecule has 1 heterocycles. The Kier molecular flexibility index (Phi) is 6.93. The molecule has 0 amide bonds. The molecule has 4 N–H and O–H groups in total. The fourth-order valence-corrected chi connectivity index (χ4v) is 4.46. The first-order chi connectivity index (χ1) is 13.0. The standard InChI is InChI=1S/C22H33BN2O2/c1-22(24,13-4-5-14-23(26)27)20-11-15-25(16-12-20)17-19-9-6-8-18-7-2-3-10-21(18)19/h2-3,6-10,20,26-27H,4-5,11-17,24H2,1H3. The van der Waals surface area contributed by atoms with Gasteiger partial charge in [-0.2, -0.15) is 0 Å². The van der Waals surface area contributed by atoms with Gasteiger partial charge in [-0.15, -0.1) is 0 Å². The summed E-state index contributed by atoms with van der Waals surface area (Å²) in [6.07, 6.45) is 5.46. The minimum Gasteiger partial charge on any atom is -0.427 e. The van der Waals surface area contributed by atoms with E-state index >= 15 is 0 Å². The van der Waals surface area contributed by atoms with Gasteiger partial charge in [-0.25, -0.2) is 0 Å². The van der Waals surface area contributed by atoms with Crippen LogP contribution in [0.25, 0.3) is 10.8 Å². The second-order valence-electron chi connectivity index (χ2n) is 8.42. The van der Waals surface area contributed by atoms with Crippen LogP contribution in [-0.4, -0.2) is 40.7 Å². The van der Waals surface area contributed by atoms with E-state index in [0.717, 1.165) is 51.7 Å². The summed E-state index contributed by atoms with van der Waals surface area (Å²) in [7, 11) is -1.19. The molecule has 27 heavy (non-hydrogen) atoms. The number of fused-ring (bicyclic) bond motifs is 1. The van der Waals surface area contributed by atoms with Gasteiger partial charge in [-0.1, -0.05) is 55.3 Å². The molecule has 1 saturated heterocycles. The fourth-order valence-electron chi connectivity index (χ4n) is 4.46. The number of nitrogens with two attached hydrogens (primary N) is 1. The topological polar surface area (TPSA) is 69.7 Å². The predicted octanol–water partition coefficient (Wildman–Crippen LogP) is 3.41. The Morgan fingerprint density at radius 3 is 2.52 bits per heavy atom. The zero-order valence-corrected chi connectivity index (χ0v) is 16.5. The van der Waals surface area contributed by atoms with Gasteiger partial charge in [0.1, 0.15) is 0 Å². The number of likely N-dealkylation sites (tertiary alicyclic amines) is 1. The summed E-state index contributed by atoms with van der Waals surface area (Å²) in [5, 5.41) is 20.6. The Bertz CT molecular complexity index is 722. The van der Waals surface area contributed by atoms with Gasteiger partial charge in [0, 0.05) is 12.1 Å². The molecule has 3 rings (SSSR count). The van der Waals surface area contributed by atoms with Crippen LogP contribution < -0.4 is 5.73 Å². The molecule has 0 bridgehead atoms. The van der Waals surface area contributed by atoms with Crippen molar-refractivity contribution in [2.24, 2.45) is 11.7 Å². The minimum atomic E-state index is -1.19. The maximum absolute atomic E-state index is 8.97. The fraction of sp³-hybridized carbons (Fsp3) is 0.545. The van der Waals surface area contributed by atoms with Crippen LogP contribution in [0.1, 0.15) is 44.6 Å². The number of hydrogen-bond acceptors (Lipinski definition) is 4. The molecule has 1 aliphatic heterocycles. The molecule has 0 aliphatic carbocycles. The molecule has 0 saturated carbocycles. The monoisotopic (exact) mass is 368 g/mol. The van der Waals surface area contributed by atoms with Crippen molar-refractivity contribution < 1.29 is 10.0 Å². The minimum absolute atomic E-state index is 0.161. The molecule has 0 radical (unpaired) electrons. The SMILES string of the molecule is CC(N)(CCCCB(O)O)C1CCN(Cc2cccc3ccccc23)CC1. The predicted molar refractivity (Wildman–Crippen MR) is 113 cm³/mol. The highest BCUT2D eigenvalue weighted by Crippen LogP contribution is 2.31. The molecular weight excluding hydrogens is 335 g/mol. The maximum atomic E-state index is 8.97. The van der Waals surface area contributed by atoms with Crippen LogP contribution in [0.3, 0.4) is 0 Å². The highest BCUT2D eigenvalue weighted by atomic mass is 16.4. The first kappa shape index (κ1) is 20.3. The number of hydrogen-bond donors (Lipinski definition) is 3. The van der Waals surface area contributed by atoms with E-state index in [1.807, 2.05) is 0 Å². The van der Waals surface area contributed by atoms with Gasteiger partial charge in [-0.3, -0.25) is 4.90 Å². The zero-order chi connectivity index (χ0) is 19.3. The summed E-state index contributed by atoms with van der Waals surface area (Å²) < 4.78 is 0. The number of benzene rings is 2. The Morgan fingerprint density at radius 1 is 1.07 bits per heavy atom. The van der Waals surface area contributed by atoms with Crippen molar-refractivity contribution in [3.63, 3.8) is 0 Å². The van der Waals surface area contributed by atoms with E-state index in [0.29, 0.717) is 12.2 Å². The molecule has 1 aliphatic rings. The van der Waals surface area contributed by atoms with Crippen LogP contribution in [0.15, 0.2) is 42.5 Å². The van der Waals surface area contributed by atoms with Gasteiger partial charge in [0.05, 0.1) is 0 Å². The third kappa shape index (κ3) is 5.55. The Hall–Kier alpha value is -1.40. The van der Waals surface area contributed by atoms with Crippen LogP contribution >= 0.6 is 0 Å². The van der Waals surface area contributed by atoms with Gasteiger partial charge in [-0.05, 0) is 67.8 Å². The normalized spacial score (nSPS) is 18.5. The van der Waals surface area contributed by atoms with Gasteiger partial charge < -0.3 is 15.8 Å². The zero-order valence-electron chi connectivity index (χ0n) is 16.5. The van der Waals surface area contributed by atoms with E-state index < -0.39 is 7.12 Å². The Labute approximate surface area is 163 Å². The Morgan fingerprint density at radius 2 is 1.78 bits per heavy atom. The van der Waals surface area contributed by atoms with Crippen LogP contribution in [0.4, 0.5) is 0 Å². The lowest BCUT2D eigenvalue weighted by atomic mass is 9.75. The lowest BCUT2D eigenvalue weighted by Gasteiger charge is -2.41. The molecule has 146 valence electrons. The summed E-state index contributed by atoms with van der Waals surface area (Å²) >= 11 is 0. The number of unbranched alkanes of at least 4 members (excludes halogenated alkanes) is 1. The highest BCUT2D eigenvalue weighted by Gasteiger charge is 2.32. The molecule has 5 heteroatoms. The van der Waals surface area contributed by atoms with Crippen LogP contribution in [0.2, 0.25) is 6.32 Å². The van der Waals surface area contributed by atoms with Crippen molar-refractivity contribution in [2.75, 3.05) is 13.1 Å². The van der Waals surface area contributed by atoms with Crippen molar-refractivity contribution in [1.82, 2.24) is 4.90 Å². The average molecular weight is 368 g/mol. The first-order valence-corrected chi connectivity index (χ1v) is 10.3. The molecule has 1 atom stereocenters. The smallest absolute Gasteiger partial charge is 0.427 e. The van der Waals surface area contributed by atoms with Crippen molar-refractivity contribution >= 4 is 17.9 Å². The van der Waals surface area contributed by atoms with E-state index in [4.69, 9.17) is 15.8 Å². The molecule has 1 fully saturated rings. The second-order valence-corrected chi connectivity index (χ2v) is 8.42. The van der Waals surface area contributed by atoms with Crippen LogP contribution in [-0.2, 0) is 6.54 Å². The largest absolute Gasteiger partial charge is 0.451 e. The molecule has 0 aromatic heterocycles. The van der Waals surface area contributed by atoms with E-state index in [1.165, 1.54) is 16.3 Å². The second kappa shape index (κ2) is 9.20. The van der Waals surface area contributed by atoms with Gasteiger partial charge in [0.2, 0.25) is 0 Å². The molecular formula is C22H33BN2O2. The number of rotatable bonds is 8. The van der Waals surface area contributed by atoms with E-state index in [1.54, 1.807) is 0 Å². The number of piperidine rings is 1. The van der Waals surface area contributed by atoms with Gasteiger partial charge in [0.15, 0.2) is 0 Å². The lowest BCUT2D eigenvalue weighted by Crippen LogP contribution is -2.49. The van der Waals surface area contributed by atoms with Crippen molar-refractivity contribution in [3.05, 3.63) is 48.0 Å². The molecule has 0 spiro atoms. The van der Waals surface area contributed by atoms with Crippen molar-refractivity contribution in [3.8, 4) is 0 Å². The molecule has 1 unspecified atom stereocenters. The summed E-state index contributed by atoms with van der Waals surface area (Å²) in [5.74, 6) is 0.542. The first-order valence-electron chi connectivity index (χ1n) is 10.3. The van der Waals surface area contributed by atoms with E-state index in [-0.39, 0.29) is 5.54 Å². The van der Waals surface area contributed by atoms with E-state index in [2.05, 4.69) is 54.3 Å². The molecule has 2 aromatic rings. The molecule has 4 nitrogen and oxygen atoms in total. The third-order valence-corrected chi connectivity index (χ3v) is 6.22. The van der Waals surface area contributed by atoms with Gasteiger partial charge >= 0.3 is 7.12 Å².